The molecule has 0 unspecified atom stereocenters. The van der Waals surface area contributed by atoms with Crippen LogP contribution in [0.3, 0.4) is 0 Å². The van der Waals surface area contributed by atoms with Crippen LogP contribution in [0, 0.1) is 6.92 Å². The van der Waals surface area contributed by atoms with Crippen LogP contribution in [0.1, 0.15) is 41.8 Å². The van der Waals surface area contributed by atoms with Gasteiger partial charge in [-0.05, 0) is 37.5 Å². The predicted octanol–water partition coefficient (Wildman–Crippen LogP) is 2.26. The van der Waals surface area contributed by atoms with Crippen LogP contribution in [-0.2, 0) is 20.7 Å². The van der Waals surface area contributed by atoms with Crippen LogP contribution in [0.15, 0.2) is 26.9 Å². The van der Waals surface area contributed by atoms with Crippen molar-refractivity contribution in [2.75, 3.05) is 6.61 Å². The maximum Gasteiger partial charge on any atom is 0.353 e. The van der Waals surface area contributed by atoms with Crippen molar-refractivity contribution in [1.82, 2.24) is 0 Å². The zero-order valence-corrected chi connectivity index (χ0v) is 14.7. The molecule has 1 aromatic heterocycles. The summed E-state index contributed by atoms with van der Waals surface area (Å²) >= 11 is 0. The predicted molar refractivity (Wildman–Crippen MR) is 93.1 cm³/mol. The Morgan fingerprint density at radius 2 is 1.96 bits per heavy atom. The summed E-state index contributed by atoms with van der Waals surface area (Å²) < 4.78 is 9.79. The molecule has 2 aromatic rings. The molecule has 0 aliphatic carbocycles. The van der Waals surface area contributed by atoms with Crippen molar-refractivity contribution in [3.8, 4) is 5.75 Å². The van der Waals surface area contributed by atoms with Gasteiger partial charge in [-0.3, -0.25) is 4.79 Å². The van der Waals surface area contributed by atoms with E-state index in [4.69, 9.17) is 4.42 Å². The molecule has 1 N–H and O–H groups in total. The summed E-state index contributed by atoms with van der Waals surface area (Å²) in [6.45, 7) is 5.01. The van der Waals surface area contributed by atoms with Crippen LogP contribution in [0.4, 0.5) is 0 Å². The van der Waals surface area contributed by atoms with Gasteiger partial charge in [-0.2, -0.15) is 0 Å². The molecule has 136 valence electrons. The highest BCUT2D eigenvalue weighted by Gasteiger charge is 2.30. The summed E-state index contributed by atoms with van der Waals surface area (Å²) in [4.78, 5) is 47.6. The monoisotopic (exact) mass is 358 g/mol. The number of hydrogen-bond acceptors (Lipinski definition) is 7. The van der Waals surface area contributed by atoms with Crippen molar-refractivity contribution < 1.29 is 28.6 Å². The lowest BCUT2D eigenvalue weighted by Gasteiger charge is -2.13. The largest absolute Gasteiger partial charge is 0.507 e. The first kappa shape index (κ1) is 19.1. The van der Waals surface area contributed by atoms with Gasteiger partial charge in [0.05, 0.1) is 6.61 Å². The quantitative estimate of drug-likeness (QED) is 0.160. The van der Waals surface area contributed by atoms with Crippen LogP contribution in [-0.4, -0.2) is 29.4 Å². The smallest absolute Gasteiger partial charge is 0.353 e. The summed E-state index contributed by atoms with van der Waals surface area (Å²) in [6.07, 6.45) is 1.12. The summed E-state index contributed by atoms with van der Waals surface area (Å²) in [7, 11) is 0. The topological polar surface area (TPSA) is 111 Å². The number of aromatic hydroxyl groups is 1. The Labute approximate surface area is 148 Å². The fraction of sp³-hybridized carbons (Fsp3) is 0.316. The van der Waals surface area contributed by atoms with Crippen LogP contribution in [0.2, 0.25) is 0 Å². The summed E-state index contributed by atoms with van der Waals surface area (Å²) in [6, 6.07) is 2.88. The van der Waals surface area contributed by atoms with Gasteiger partial charge in [0.25, 0.3) is 0 Å². The van der Waals surface area contributed by atoms with Gasteiger partial charge < -0.3 is 14.3 Å². The Kier molecular flexibility index (Phi) is 5.75. The molecule has 0 saturated heterocycles. The minimum Gasteiger partial charge on any atom is -0.507 e. The van der Waals surface area contributed by atoms with Crippen molar-refractivity contribution in [2.24, 2.45) is 0 Å². The van der Waals surface area contributed by atoms with E-state index in [0.29, 0.717) is 29.4 Å². The first-order valence-electron chi connectivity index (χ1n) is 8.11. The second-order valence-corrected chi connectivity index (χ2v) is 5.66. The average molecular weight is 358 g/mol. The van der Waals surface area contributed by atoms with Crippen molar-refractivity contribution >= 4 is 28.7 Å². The number of ketones is 1. The van der Waals surface area contributed by atoms with Crippen molar-refractivity contribution in [2.45, 2.75) is 33.6 Å². The van der Waals surface area contributed by atoms with Gasteiger partial charge in [0.15, 0.2) is 11.2 Å². The number of aryl methyl sites for hydroxylation is 2. The standard InChI is InChI=1S/C19H18O7/c1-4-6-11-8-12-10(3)7-14(21)26-18(12)15(16(11)22)17(23)13(9-20)19(24)25-5-2/h7-8,22H,4-6H2,1-3H3. The van der Waals surface area contributed by atoms with E-state index in [0.717, 1.165) is 0 Å². The number of benzene rings is 1. The normalized spacial score (nSPS) is 10.4. The van der Waals surface area contributed by atoms with Crippen molar-refractivity contribution in [3.63, 3.8) is 0 Å². The fourth-order valence-electron chi connectivity index (χ4n) is 2.67. The highest BCUT2D eigenvalue weighted by molar-refractivity contribution is 6.32. The highest BCUT2D eigenvalue weighted by atomic mass is 16.5. The lowest BCUT2D eigenvalue weighted by Crippen LogP contribution is -2.18. The zero-order valence-electron chi connectivity index (χ0n) is 14.7. The lowest BCUT2D eigenvalue weighted by atomic mass is 9.94. The van der Waals surface area contributed by atoms with Crippen molar-refractivity contribution in [1.29, 1.82) is 0 Å². The summed E-state index contributed by atoms with van der Waals surface area (Å²) in [5.74, 6) is -1.43. The molecule has 0 aliphatic rings. The third kappa shape index (κ3) is 3.43. The third-order valence-electron chi connectivity index (χ3n) is 3.85. The van der Waals surface area contributed by atoms with Crippen LogP contribution >= 0.6 is 0 Å². The van der Waals surface area contributed by atoms with Gasteiger partial charge in [-0.25, -0.2) is 14.4 Å². The molecule has 0 bridgehead atoms. The molecule has 0 atom stereocenters. The number of esters is 1. The molecule has 7 nitrogen and oxygen atoms in total. The minimum atomic E-state index is -1.16. The number of ether oxygens (including phenoxy) is 1. The number of fused-ring (bicyclic) bond motifs is 1. The molecule has 0 radical (unpaired) electrons. The highest BCUT2D eigenvalue weighted by Crippen LogP contribution is 2.34. The number of Topliss-reactive ketones (excluding diaryl/α,β-unsaturated/α-hetero) is 1. The molecule has 1 heterocycles. The van der Waals surface area contributed by atoms with Crippen LogP contribution in [0.5, 0.6) is 5.75 Å². The van der Waals surface area contributed by atoms with E-state index in [1.165, 1.54) is 18.9 Å². The first-order valence-corrected chi connectivity index (χ1v) is 8.11. The average Bonchev–Trinajstić information content (AvgIpc) is 2.57. The van der Waals surface area contributed by atoms with Crippen LogP contribution < -0.4 is 5.63 Å². The number of hydrogen-bond donors (Lipinski definition) is 1. The van der Waals surface area contributed by atoms with Gasteiger partial charge in [0.2, 0.25) is 5.78 Å². The Morgan fingerprint density at radius 3 is 2.54 bits per heavy atom. The molecule has 0 amide bonds. The number of rotatable bonds is 6. The SMILES string of the molecule is CCCc1cc2c(C)cc(=O)oc2c(C(=O)C(=C=O)C(=O)OCC)c1O. The van der Waals surface area contributed by atoms with E-state index in [9.17, 15) is 24.3 Å². The van der Waals surface area contributed by atoms with Gasteiger partial charge in [-0.15, -0.1) is 0 Å². The molecule has 7 heteroatoms. The summed E-state index contributed by atoms with van der Waals surface area (Å²) in [5.41, 5.74) is -1.25. The van der Waals surface area contributed by atoms with Crippen LogP contribution in [0.25, 0.3) is 11.0 Å². The number of carbonyl (C=O) groups excluding carboxylic acids is 3. The molecule has 26 heavy (non-hydrogen) atoms. The van der Waals surface area contributed by atoms with E-state index in [1.807, 2.05) is 6.92 Å². The van der Waals surface area contributed by atoms with Gasteiger partial charge >= 0.3 is 11.6 Å². The fourth-order valence-corrected chi connectivity index (χ4v) is 2.67. The van der Waals surface area contributed by atoms with E-state index in [-0.39, 0.29) is 12.2 Å². The molecule has 0 saturated carbocycles. The first-order chi connectivity index (χ1) is 12.3. The van der Waals surface area contributed by atoms with Crippen molar-refractivity contribution in [3.05, 3.63) is 44.8 Å². The minimum absolute atomic E-state index is 0.0475. The zero-order chi connectivity index (χ0) is 19.4. The second kappa shape index (κ2) is 7.80. The number of carbonyl (C=O) groups is 2. The molecular formula is C19H18O7. The Morgan fingerprint density at radius 1 is 1.27 bits per heavy atom. The second-order valence-electron chi connectivity index (χ2n) is 5.66. The van der Waals surface area contributed by atoms with Gasteiger partial charge in [-0.1, -0.05) is 13.3 Å². The molecule has 0 aliphatic heterocycles. The van der Waals surface area contributed by atoms with E-state index in [2.05, 4.69) is 4.74 Å². The molecular weight excluding hydrogens is 340 g/mol. The Hall–Kier alpha value is -3.18. The number of phenols is 1. The molecule has 2 rings (SSSR count). The van der Waals surface area contributed by atoms with E-state index >= 15 is 0 Å². The summed E-state index contributed by atoms with van der Waals surface area (Å²) in [5, 5.41) is 11.0. The Bertz CT molecular complexity index is 991. The lowest BCUT2D eigenvalue weighted by molar-refractivity contribution is -0.137. The third-order valence-corrected chi connectivity index (χ3v) is 3.85. The Balaban J connectivity index is 2.85. The van der Waals surface area contributed by atoms with E-state index in [1.54, 1.807) is 13.0 Å². The van der Waals surface area contributed by atoms with E-state index < -0.39 is 34.3 Å². The molecule has 0 spiro atoms. The maximum atomic E-state index is 12.8. The molecule has 0 fully saturated rings. The number of phenolic OH excluding ortho intramolecular Hbond substituents is 1. The van der Waals surface area contributed by atoms with Gasteiger partial charge in [0.1, 0.15) is 17.3 Å². The van der Waals surface area contributed by atoms with Gasteiger partial charge in [0, 0.05) is 11.5 Å². The maximum absolute atomic E-state index is 12.8. The molecule has 1 aromatic carbocycles.